The van der Waals surface area contributed by atoms with Gasteiger partial charge in [0.15, 0.2) is 11.6 Å². The van der Waals surface area contributed by atoms with Gasteiger partial charge in [0.25, 0.3) is 5.91 Å². The van der Waals surface area contributed by atoms with Crippen molar-refractivity contribution >= 4 is 29.0 Å². The van der Waals surface area contributed by atoms with Crippen LogP contribution in [0.4, 0.5) is 27.5 Å². The Labute approximate surface area is 197 Å². The number of anilines is 4. The summed E-state index contributed by atoms with van der Waals surface area (Å²) in [7, 11) is 0. The highest BCUT2D eigenvalue weighted by molar-refractivity contribution is 5.98. The summed E-state index contributed by atoms with van der Waals surface area (Å²) in [6.07, 6.45) is 2.22. The molecule has 1 aliphatic heterocycles. The van der Waals surface area contributed by atoms with Crippen molar-refractivity contribution in [1.29, 1.82) is 0 Å². The molecule has 10 heteroatoms. The molecule has 0 radical (unpaired) electrons. The third-order valence-corrected chi connectivity index (χ3v) is 5.54. The Balaban J connectivity index is 1.54. The Kier molecular flexibility index (Phi) is 7.51. The number of amides is 1. The first-order valence-electron chi connectivity index (χ1n) is 11.1. The predicted octanol–water partition coefficient (Wildman–Crippen LogP) is 2.28. The van der Waals surface area contributed by atoms with Crippen molar-refractivity contribution in [3.8, 4) is 0 Å². The van der Waals surface area contributed by atoms with Gasteiger partial charge >= 0.3 is 0 Å². The van der Waals surface area contributed by atoms with Crippen molar-refractivity contribution in [3.63, 3.8) is 0 Å². The van der Waals surface area contributed by atoms with E-state index in [1.807, 2.05) is 42.5 Å². The highest BCUT2D eigenvalue weighted by atomic mass is 19.1. The second kappa shape index (κ2) is 10.9. The van der Waals surface area contributed by atoms with E-state index >= 15 is 0 Å². The van der Waals surface area contributed by atoms with Gasteiger partial charge in [-0.2, -0.15) is 0 Å². The largest absolute Gasteiger partial charge is 0.378 e. The standard InChI is InChI=1S/C24H28FN7O2/c25-20-13-19(22(27)33)23(29-17-6-7-21(28-15-17)32-8-10-34-11-9-32)31-24(20)30-18(14-26)12-16-4-2-1-3-5-16/h1-7,13,15,18H,8-12,14,26H2,(H2,27,33)(H2,29,30,31). The molecule has 1 aliphatic rings. The van der Waals surface area contributed by atoms with Crippen LogP contribution in [-0.2, 0) is 11.2 Å². The summed E-state index contributed by atoms with van der Waals surface area (Å²) < 4.78 is 20.2. The molecule has 1 saturated heterocycles. The maximum Gasteiger partial charge on any atom is 0.252 e. The zero-order valence-corrected chi connectivity index (χ0v) is 18.7. The van der Waals surface area contributed by atoms with Crippen LogP contribution in [0.25, 0.3) is 0 Å². The molecule has 1 atom stereocenters. The lowest BCUT2D eigenvalue weighted by Crippen LogP contribution is -2.36. The number of carbonyl (C=O) groups is 1. The number of morpholine rings is 1. The number of nitrogens with one attached hydrogen (secondary N) is 2. The summed E-state index contributed by atoms with van der Waals surface area (Å²) in [6, 6.07) is 14.3. The molecule has 0 bridgehead atoms. The van der Waals surface area contributed by atoms with Gasteiger partial charge in [-0.1, -0.05) is 30.3 Å². The summed E-state index contributed by atoms with van der Waals surface area (Å²) in [4.78, 5) is 22.9. The van der Waals surface area contributed by atoms with E-state index in [0.717, 1.165) is 30.5 Å². The van der Waals surface area contributed by atoms with Crippen molar-refractivity contribution in [2.45, 2.75) is 12.5 Å². The molecule has 1 unspecified atom stereocenters. The molecule has 34 heavy (non-hydrogen) atoms. The number of hydrogen-bond acceptors (Lipinski definition) is 8. The molecule has 2 aromatic heterocycles. The monoisotopic (exact) mass is 465 g/mol. The molecule has 3 aromatic rings. The van der Waals surface area contributed by atoms with E-state index < -0.39 is 11.7 Å². The van der Waals surface area contributed by atoms with Crippen LogP contribution in [0.1, 0.15) is 15.9 Å². The SMILES string of the molecule is NCC(Cc1ccccc1)Nc1nc(Nc2ccc(N3CCOCC3)nc2)c(C(N)=O)cc1F. The van der Waals surface area contributed by atoms with E-state index in [4.69, 9.17) is 16.2 Å². The van der Waals surface area contributed by atoms with Crippen LogP contribution in [0, 0.1) is 5.82 Å². The van der Waals surface area contributed by atoms with Gasteiger partial charge in [0.1, 0.15) is 11.6 Å². The minimum Gasteiger partial charge on any atom is -0.378 e. The molecule has 1 aromatic carbocycles. The molecule has 0 aliphatic carbocycles. The predicted molar refractivity (Wildman–Crippen MR) is 130 cm³/mol. The van der Waals surface area contributed by atoms with Crippen molar-refractivity contribution in [3.05, 3.63) is 71.7 Å². The highest BCUT2D eigenvalue weighted by Crippen LogP contribution is 2.25. The molecule has 0 spiro atoms. The van der Waals surface area contributed by atoms with Gasteiger partial charge in [0, 0.05) is 25.7 Å². The van der Waals surface area contributed by atoms with Crippen molar-refractivity contribution < 1.29 is 13.9 Å². The number of benzene rings is 1. The number of halogens is 1. The Morgan fingerprint density at radius 1 is 1.15 bits per heavy atom. The highest BCUT2D eigenvalue weighted by Gasteiger charge is 2.19. The topological polar surface area (TPSA) is 131 Å². The fourth-order valence-electron chi connectivity index (χ4n) is 3.73. The summed E-state index contributed by atoms with van der Waals surface area (Å²) >= 11 is 0. The third-order valence-electron chi connectivity index (χ3n) is 5.54. The van der Waals surface area contributed by atoms with Crippen LogP contribution in [-0.4, -0.2) is 54.8 Å². The van der Waals surface area contributed by atoms with Crippen LogP contribution < -0.4 is 27.0 Å². The summed E-state index contributed by atoms with van der Waals surface area (Å²) in [6.45, 7) is 3.13. The summed E-state index contributed by atoms with van der Waals surface area (Å²) in [5.41, 5.74) is 13.0. The number of nitrogens with zero attached hydrogens (tertiary/aromatic N) is 3. The van der Waals surface area contributed by atoms with E-state index in [-0.39, 0.29) is 29.8 Å². The van der Waals surface area contributed by atoms with Crippen LogP contribution >= 0.6 is 0 Å². The number of primary amides is 1. The van der Waals surface area contributed by atoms with E-state index in [9.17, 15) is 9.18 Å². The second-order valence-electron chi connectivity index (χ2n) is 7.98. The molecule has 0 saturated carbocycles. The maximum absolute atomic E-state index is 14.8. The van der Waals surface area contributed by atoms with Gasteiger partial charge in [-0.15, -0.1) is 0 Å². The smallest absolute Gasteiger partial charge is 0.252 e. The molecule has 3 heterocycles. The number of hydrogen-bond donors (Lipinski definition) is 4. The average Bonchev–Trinajstić information content (AvgIpc) is 2.86. The molecule has 4 rings (SSSR count). The average molecular weight is 466 g/mol. The fourth-order valence-corrected chi connectivity index (χ4v) is 3.73. The Hall–Kier alpha value is -3.76. The van der Waals surface area contributed by atoms with Crippen molar-refractivity contribution in [2.24, 2.45) is 11.5 Å². The molecule has 178 valence electrons. The summed E-state index contributed by atoms with van der Waals surface area (Å²) in [5, 5.41) is 6.09. The first-order chi connectivity index (χ1) is 16.5. The normalized spacial score (nSPS) is 14.5. The lowest BCUT2D eigenvalue weighted by Gasteiger charge is -2.27. The first-order valence-corrected chi connectivity index (χ1v) is 11.1. The van der Waals surface area contributed by atoms with E-state index in [2.05, 4.69) is 25.5 Å². The number of aromatic nitrogens is 2. The van der Waals surface area contributed by atoms with E-state index in [1.54, 1.807) is 6.20 Å². The first kappa shape index (κ1) is 23.4. The number of rotatable bonds is 9. The van der Waals surface area contributed by atoms with Crippen LogP contribution in [0.5, 0.6) is 0 Å². The number of carbonyl (C=O) groups excluding carboxylic acids is 1. The molecular formula is C24H28FN7O2. The third kappa shape index (κ3) is 5.77. The van der Waals surface area contributed by atoms with E-state index in [0.29, 0.717) is 25.3 Å². The molecule has 1 fully saturated rings. The Morgan fingerprint density at radius 3 is 2.56 bits per heavy atom. The molecule has 1 amide bonds. The molecule has 9 nitrogen and oxygen atoms in total. The van der Waals surface area contributed by atoms with Gasteiger partial charge in [0.05, 0.1) is 30.7 Å². The zero-order valence-electron chi connectivity index (χ0n) is 18.7. The van der Waals surface area contributed by atoms with Gasteiger partial charge in [0.2, 0.25) is 0 Å². The van der Waals surface area contributed by atoms with Gasteiger partial charge in [-0.05, 0) is 30.2 Å². The van der Waals surface area contributed by atoms with E-state index in [1.165, 1.54) is 0 Å². The molecule has 6 N–H and O–H groups in total. The lowest BCUT2D eigenvalue weighted by molar-refractivity contribution is 0.100. The number of pyridine rings is 2. The number of ether oxygens (including phenoxy) is 1. The van der Waals surface area contributed by atoms with Crippen molar-refractivity contribution in [1.82, 2.24) is 9.97 Å². The van der Waals surface area contributed by atoms with Crippen LogP contribution in [0.3, 0.4) is 0 Å². The van der Waals surface area contributed by atoms with Gasteiger partial charge < -0.3 is 31.7 Å². The van der Waals surface area contributed by atoms with Crippen LogP contribution in [0.2, 0.25) is 0 Å². The fraction of sp³-hybridized carbons (Fsp3) is 0.292. The Bertz CT molecular complexity index is 1110. The van der Waals surface area contributed by atoms with Crippen LogP contribution in [0.15, 0.2) is 54.7 Å². The summed E-state index contributed by atoms with van der Waals surface area (Å²) in [5.74, 6) is -0.542. The lowest BCUT2D eigenvalue weighted by atomic mass is 10.1. The van der Waals surface area contributed by atoms with Gasteiger partial charge in [-0.3, -0.25) is 4.79 Å². The minimum absolute atomic E-state index is 0.0169. The van der Waals surface area contributed by atoms with Gasteiger partial charge in [-0.25, -0.2) is 14.4 Å². The Morgan fingerprint density at radius 2 is 1.91 bits per heavy atom. The second-order valence-corrected chi connectivity index (χ2v) is 7.98. The minimum atomic E-state index is -0.794. The molecular weight excluding hydrogens is 437 g/mol. The maximum atomic E-state index is 14.8. The number of nitrogens with two attached hydrogens (primary N) is 2. The zero-order chi connectivity index (χ0) is 23.9. The van der Waals surface area contributed by atoms with Crippen molar-refractivity contribution in [2.75, 3.05) is 48.4 Å². The quantitative estimate of drug-likeness (QED) is 0.379.